The molecular weight excluding hydrogens is 528 g/mol. The number of hydrogen-bond donors (Lipinski definition) is 1. The van der Waals surface area contributed by atoms with Crippen molar-refractivity contribution in [2.24, 2.45) is 11.3 Å². The molecule has 1 N–H and O–H groups in total. The summed E-state index contributed by atoms with van der Waals surface area (Å²) in [5.74, 6) is 0.135. The van der Waals surface area contributed by atoms with Crippen LogP contribution in [0.15, 0.2) is 42.5 Å². The molecule has 2 atom stereocenters. The molecule has 0 aromatic heterocycles. The summed E-state index contributed by atoms with van der Waals surface area (Å²) in [6.45, 7) is 7.79. The number of rotatable bonds is 8. The van der Waals surface area contributed by atoms with E-state index in [1.165, 1.54) is 6.42 Å². The quantitative estimate of drug-likeness (QED) is 0.485. The Bertz CT molecular complexity index is 1280. The lowest BCUT2D eigenvalue weighted by Crippen LogP contribution is -2.66. The number of benzene rings is 2. The number of nitrogens with one attached hydrogen (secondary N) is 1. The van der Waals surface area contributed by atoms with Crippen molar-refractivity contribution in [1.82, 2.24) is 20.0 Å². The van der Waals surface area contributed by atoms with Gasteiger partial charge in [-0.1, -0.05) is 61.7 Å². The Morgan fingerprint density at radius 1 is 0.929 bits per heavy atom. The number of piperazine rings is 3. The molecule has 5 aliphatic rings. The van der Waals surface area contributed by atoms with Gasteiger partial charge in [-0.25, -0.2) is 0 Å². The molecule has 2 bridgehead atoms. The average Bonchev–Trinajstić information content (AvgIpc) is 3.05. The molecule has 5 fully saturated rings. The Morgan fingerprint density at radius 2 is 1.64 bits per heavy atom. The van der Waals surface area contributed by atoms with Crippen molar-refractivity contribution in [3.63, 3.8) is 0 Å². The second-order valence-electron chi connectivity index (χ2n) is 12.8. The number of carbonyl (C=O) groups is 3. The highest BCUT2D eigenvalue weighted by molar-refractivity contribution is 5.91. The van der Waals surface area contributed by atoms with Crippen LogP contribution in [0.3, 0.4) is 0 Å². The molecule has 4 aliphatic heterocycles. The van der Waals surface area contributed by atoms with Crippen LogP contribution in [-0.2, 0) is 25.5 Å². The SMILES string of the molecule is CCOC(=O)C1(C2CCCCC2)CCN(C(=O)[C@@H](Cc2ccc3ccccc3c2)NC(=O)C2CN3CCN2CC3)CC1. The Kier molecular flexibility index (Phi) is 8.82. The third-order valence-electron chi connectivity index (χ3n) is 10.5. The van der Waals surface area contributed by atoms with E-state index in [1.54, 1.807) is 0 Å². The molecule has 2 aromatic rings. The summed E-state index contributed by atoms with van der Waals surface area (Å²) in [6, 6.07) is 13.6. The van der Waals surface area contributed by atoms with Gasteiger partial charge in [0.15, 0.2) is 0 Å². The molecule has 2 amide bonds. The fourth-order valence-electron chi connectivity index (χ4n) is 7.99. The minimum atomic E-state index is -0.653. The first-order valence-corrected chi connectivity index (χ1v) is 16.2. The van der Waals surface area contributed by atoms with E-state index in [0.29, 0.717) is 44.9 Å². The Hall–Kier alpha value is -2.97. The fourth-order valence-corrected chi connectivity index (χ4v) is 7.99. The summed E-state index contributed by atoms with van der Waals surface area (Å²) in [4.78, 5) is 47.7. The van der Waals surface area contributed by atoms with E-state index in [0.717, 1.165) is 74.7 Å². The largest absolute Gasteiger partial charge is 0.466 e. The predicted molar refractivity (Wildman–Crippen MR) is 163 cm³/mol. The molecule has 4 saturated heterocycles. The van der Waals surface area contributed by atoms with Crippen LogP contribution in [0, 0.1) is 11.3 Å². The van der Waals surface area contributed by atoms with Crippen molar-refractivity contribution in [3.05, 3.63) is 48.0 Å². The van der Waals surface area contributed by atoms with Gasteiger partial charge in [-0.15, -0.1) is 0 Å². The zero-order valence-electron chi connectivity index (χ0n) is 25.1. The number of ether oxygens (including phenoxy) is 1. The molecule has 0 radical (unpaired) electrons. The fraction of sp³-hybridized carbons (Fsp3) is 0.618. The summed E-state index contributed by atoms with van der Waals surface area (Å²) in [5.41, 5.74) is 0.523. The van der Waals surface area contributed by atoms with E-state index in [4.69, 9.17) is 4.74 Å². The zero-order valence-corrected chi connectivity index (χ0v) is 25.1. The number of nitrogens with zero attached hydrogens (tertiary/aromatic N) is 3. The van der Waals surface area contributed by atoms with Crippen molar-refractivity contribution in [3.8, 4) is 0 Å². The molecule has 226 valence electrons. The van der Waals surface area contributed by atoms with Gasteiger partial charge in [0, 0.05) is 52.2 Å². The monoisotopic (exact) mass is 574 g/mol. The van der Waals surface area contributed by atoms with Crippen LogP contribution in [-0.4, -0.2) is 97.0 Å². The van der Waals surface area contributed by atoms with Gasteiger partial charge in [0.1, 0.15) is 12.1 Å². The third-order valence-corrected chi connectivity index (χ3v) is 10.5. The Balaban J connectivity index is 1.20. The maximum Gasteiger partial charge on any atom is 0.312 e. The van der Waals surface area contributed by atoms with Crippen molar-refractivity contribution in [1.29, 1.82) is 0 Å². The molecule has 1 saturated carbocycles. The number of hydrogen-bond acceptors (Lipinski definition) is 6. The number of amides is 2. The number of piperidine rings is 1. The van der Waals surface area contributed by atoms with Crippen LogP contribution in [0.2, 0.25) is 0 Å². The molecule has 7 rings (SSSR count). The highest BCUT2D eigenvalue weighted by Crippen LogP contribution is 2.47. The van der Waals surface area contributed by atoms with Crippen LogP contribution in [0.1, 0.15) is 57.4 Å². The molecule has 8 nitrogen and oxygen atoms in total. The van der Waals surface area contributed by atoms with Gasteiger partial charge in [-0.3, -0.25) is 24.2 Å². The maximum atomic E-state index is 14.2. The first-order chi connectivity index (χ1) is 20.5. The smallest absolute Gasteiger partial charge is 0.312 e. The molecule has 1 aliphatic carbocycles. The van der Waals surface area contributed by atoms with Gasteiger partial charge in [0.2, 0.25) is 11.8 Å². The van der Waals surface area contributed by atoms with Gasteiger partial charge < -0.3 is 15.0 Å². The standard InChI is InChI=1S/C34H46N4O4/c1-2-42-33(41)34(28-10-4-3-5-11-28)14-16-38(17-15-34)32(40)29(23-25-12-13-26-8-6-7-9-27(26)22-25)35-31(39)30-24-36-18-20-37(30)21-19-36/h6-9,12-13,22,28-30H,2-5,10-11,14-21,23-24H2,1H3,(H,35,39)/t29-,30?/m1/s1. The van der Waals surface area contributed by atoms with E-state index in [1.807, 2.05) is 24.0 Å². The van der Waals surface area contributed by atoms with Crippen LogP contribution in [0.5, 0.6) is 0 Å². The van der Waals surface area contributed by atoms with Gasteiger partial charge >= 0.3 is 5.97 Å². The summed E-state index contributed by atoms with van der Waals surface area (Å²) < 4.78 is 5.63. The van der Waals surface area contributed by atoms with Crippen LogP contribution < -0.4 is 5.32 Å². The molecule has 4 heterocycles. The molecule has 42 heavy (non-hydrogen) atoms. The van der Waals surface area contributed by atoms with E-state index in [-0.39, 0.29) is 23.8 Å². The minimum Gasteiger partial charge on any atom is -0.466 e. The summed E-state index contributed by atoms with van der Waals surface area (Å²) in [7, 11) is 0. The average molecular weight is 575 g/mol. The van der Waals surface area contributed by atoms with E-state index in [2.05, 4.69) is 45.4 Å². The summed E-state index contributed by atoms with van der Waals surface area (Å²) in [5, 5.41) is 5.48. The summed E-state index contributed by atoms with van der Waals surface area (Å²) in [6.07, 6.45) is 7.35. The predicted octanol–water partition coefficient (Wildman–Crippen LogP) is 3.62. The van der Waals surface area contributed by atoms with Crippen molar-refractivity contribution >= 4 is 28.6 Å². The van der Waals surface area contributed by atoms with Crippen LogP contribution >= 0.6 is 0 Å². The first kappa shape index (κ1) is 29.1. The van der Waals surface area contributed by atoms with E-state index in [9.17, 15) is 14.4 Å². The lowest BCUT2D eigenvalue weighted by atomic mass is 9.63. The number of carbonyl (C=O) groups excluding carboxylic acids is 3. The third kappa shape index (κ3) is 5.93. The van der Waals surface area contributed by atoms with Gasteiger partial charge in [0.05, 0.1) is 12.0 Å². The molecule has 0 spiro atoms. The van der Waals surface area contributed by atoms with E-state index >= 15 is 0 Å². The number of fused-ring (bicyclic) bond motifs is 4. The normalized spacial score (nSPS) is 26.5. The van der Waals surface area contributed by atoms with Gasteiger partial charge in [-0.05, 0) is 54.9 Å². The Labute approximate surface area is 249 Å². The maximum absolute atomic E-state index is 14.2. The lowest BCUT2D eigenvalue weighted by molar-refractivity contribution is -0.166. The lowest BCUT2D eigenvalue weighted by Gasteiger charge is -2.47. The van der Waals surface area contributed by atoms with E-state index < -0.39 is 11.5 Å². The number of likely N-dealkylation sites (tertiary alicyclic amines) is 1. The van der Waals surface area contributed by atoms with Gasteiger partial charge in [0.25, 0.3) is 0 Å². The highest BCUT2D eigenvalue weighted by atomic mass is 16.5. The summed E-state index contributed by atoms with van der Waals surface area (Å²) >= 11 is 0. The van der Waals surface area contributed by atoms with Crippen molar-refractivity contribution < 1.29 is 19.1 Å². The van der Waals surface area contributed by atoms with Crippen LogP contribution in [0.4, 0.5) is 0 Å². The zero-order chi connectivity index (χ0) is 29.1. The second kappa shape index (κ2) is 12.7. The molecule has 2 aromatic carbocycles. The topological polar surface area (TPSA) is 82.2 Å². The molecule has 1 unspecified atom stereocenters. The first-order valence-electron chi connectivity index (χ1n) is 16.2. The van der Waals surface area contributed by atoms with Crippen LogP contribution in [0.25, 0.3) is 10.8 Å². The second-order valence-corrected chi connectivity index (χ2v) is 12.8. The van der Waals surface area contributed by atoms with Gasteiger partial charge in [-0.2, -0.15) is 0 Å². The Morgan fingerprint density at radius 3 is 2.31 bits per heavy atom. The van der Waals surface area contributed by atoms with Crippen molar-refractivity contribution in [2.75, 3.05) is 52.4 Å². The van der Waals surface area contributed by atoms with Crippen molar-refractivity contribution in [2.45, 2.75) is 70.4 Å². The molecular formula is C34H46N4O4. The number of esters is 1. The molecule has 8 heteroatoms. The minimum absolute atomic E-state index is 0.0473. The highest BCUT2D eigenvalue weighted by Gasteiger charge is 2.49.